The third kappa shape index (κ3) is 4.73. The van der Waals surface area contributed by atoms with E-state index in [0.717, 1.165) is 0 Å². The Labute approximate surface area is 177 Å². The van der Waals surface area contributed by atoms with Crippen molar-refractivity contribution in [2.45, 2.75) is 31.6 Å². The molecule has 1 aliphatic heterocycles. The molecule has 0 radical (unpaired) electrons. The molecule has 3 rings (SSSR count). The first-order chi connectivity index (χ1) is 14.5. The Morgan fingerprint density at radius 3 is 2.48 bits per heavy atom. The lowest BCUT2D eigenvalue weighted by atomic mass is 10.1. The van der Waals surface area contributed by atoms with E-state index in [4.69, 9.17) is 18.5 Å². The molecule has 2 aromatic rings. The summed E-state index contributed by atoms with van der Waals surface area (Å²) in [6.07, 6.45) is -0.983. The lowest BCUT2D eigenvalue weighted by molar-refractivity contribution is -0.0588. The van der Waals surface area contributed by atoms with Crippen molar-refractivity contribution in [3.05, 3.63) is 59.4 Å². The van der Waals surface area contributed by atoms with E-state index in [9.17, 15) is 28.8 Å². The van der Waals surface area contributed by atoms with Gasteiger partial charge in [0.25, 0.3) is 5.08 Å². The second kappa shape index (κ2) is 8.80. The highest BCUT2D eigenvalue weighted by atomic mass is 31.2. The molecule has 1 aliphatic rings. The van der Waals surface area contributed by atoms with Crippen LogP contribution in [0.5, 0.6) is 5.75 Å². The van der Waals surface area contributed by atoms with Gasteiger partial charge in [-0.3, -0.25) is 23.2 Å². The average molecular weight is 473 g/mol. The molecule has 11 nitrogen and oxygen atoms in total. The Morgan fingerprint density at radius 1 is 1.23 bits per heavy atom. The molecule has 0 bridgehead atoms. The fraction of sp³-hybridized carbons (Fsp3) is 0.333. The van der Waals surface area contributed by atoms with Crippen molar-refractivity contribution in [2.24, 2.45) is 0 Å². The Kier molecular flexibility index (Phi) is 6.69. The monoisotopic (exact) mass is 473 g/mol. The van der Waals surface area contributed by atoms with Crippen molar-refractivity contribution in [2.75, 3.05) is 6.61 Å². The number of aromatic nitrogens is 1. The highest BCUT2D eigenvalue weighted by Crippen LogP contribution is 2.79. The first-order valence-corrected chi connectivity index (χ1v) is 12.2. The summed E-state index contributed by atoms with van der Waals surface area (Å²) in [5.74, 6) is -0.174. The van der Waals surface area contributed by atoms with E-state index < -0.39 is 39.1 Å². The zero-order valence-electron chi connectivity index (χ0n) is 16.6. The summed E-state index contributed by atoms with van der Waals surface area (Å²) in [5, 5.41) is 7.64. The second-order valence-electron chi connectivity index (χ2n) is 6.72. The van der Waals surface area contributed by atoms with E-state index in [1.807, 2.05) is 0 Å². The highest BCUT2D eigenvalue weighted by molar-refractivity contribution is 7.73. The number of nitrogens with zero attached hydrogens (tertiary/aromatic N) is 1. The van der Waals surface area contributed by atoms with Crippen molar-refractivity contribution < 1.29 is 47.3 Å². The van der Waals surface area contributed by atoms with E-state index in [-0.39, 0.29) is 23.5 Å². The molecule has 168 valence electrons. The van der Waals surface area contributed by atoms with E-state index in [0.29, 0.717) is 5.56 Å². The molecule has 3 N–H and O–H groups in total. The minimum atomic E-state index is -5.18. The fourth-order valence-electron chi connectivity index (χ4n) is 2.88. The summed E-state index contributed by atoms with van der Waals surface area (Å²) in [6.45, 7) is 3.27. The molecule has 2 heterocycles. The molecule has 1 aromatic carbocycles. The minimum Gasteiger partial charge on any atom is -0.434 e. The van der Waals surface area contributed by atoms with Crippen molar-refractivity contribution in [1.82, 2.24) is 4.98 Å². The van der Waals surface area contributed by atoms with Crippen LogP contribution in [0.25, 0.3) is 0 Å². The lowest BCUT2D eigenvalue weighted by Crippen LogP contribution is -2.38. The summed E-state index contributed by atoms with van der Waals surface area (Å²) in [4.78, 5) is 36.5. The van der Waals surface area contributed by atoms with Crippen LogP contribution in [0.2, 0.25) is 0 Å². The van der Waals surface area contributed by atoms with Gasteiger partial charge >= 0.3 is 21.3 Å². The van der Waals surface area contributed by atoms with Crippen LogP contribution in [0.15, 0.2) is 42.7 Å². The molecule has 2 unspecified atom stereocenters. The molecule has 0 amide bonds. The minimum absolute atomic E-state index is 0.0372. The Balaban J connectivity index is 1.98. The third-order valence-corrected chi connectivity index (χ3v) is 9.02. The molecule has 31 heavy (non-hydrogen) atoms. The summed E-state index contributed by atoms with van der Waals surface area (Å²) in [5.41, 5.74) is 0.705. The molecule has 1 saturated heterocycles. The summed E-state index contributed by atoms with van der Waals surface area (Å²) < 4.78 is 45.8. The normalized spacial score (nSPS) is 30.5. The van der Waals surface area contributed by atoms with Crippen LogP contribution in [0.3, 0.4) is 0 Å². The van der Waals surface area contributed by atoms with Gasteiger partial charge in [-0.2, -0.15) is 0 Å². The quantitative estimate of drug-likeness (QED) is 0.332. The van der Waals surface area contributed by atoms with Crippen LogP contribution < -0.4 is 4.74 Å². The van der Waals surface area contributed by atoms with Crippen molar-refractivity contribution >= 4 is 21.3 Å². The van der Waals surface area contributed by atoms with Gasteiger partial charge in [-0.25, -0.2) is 4.79 Å². The molecule has 0 spiro atoms. The number of aryl methyl sites for hydroxylation is 1. The van der Waals surface area contributed by atoms with E-state index in [1.54, 1.807) is 19.9 Å². The molecule has 1 fully saturated rings. The topological polar surface area (TPSA) is 162 Å². The number of carbonyl (C=O) groups excluding carboxylic acids is 1. The van der Waals surface area contributed by atoms with Gasteiger partial charge in [0.05, 0.1) is 12.2 Å². The molecular weight excluding hydrogens is 452 g/mol. The van der Waals surface area contributed by atoms with Crippen molar-refractivity contribution in [1.29, 1.82) is 0 Å². The van der Waals surface area contributed by atoms with Crippen LogP contribution >= 0.6 is 15.2 Å². The molecule has 13 heteroatoms. The number of ether oxygens (including phenoxy) is 2. The number of benzene rings is 1. The van der Waals surface area contributed by atoms with Crippen LogP contribution in [-0.4, -0.2) is 37.7 Å². The Bertz CT molecular complexity index is 1030. The number of aliphatic hydroxyl groups is 1. The fourth-order valence-corrected chi connectivity index (χ4v) is 6.44. The van der Waals surface area contributed by atoms with Crippen LogP contribution in [-0.2, 0) is 29.3 Å². The number of rotatable bonds is 5. The summed E-state index contributed by atoms with van der Waals surface area (Å²) in [6, 6.07) is 7.22. The van der Waals surface area contributed by atoms with Gasteiger partial charge in [-0.05, 0) is 37.6 Å². The lowest BCUT2D eigenvalue weighted by Gasteiger charge is -2.41. The van der Waals surface area contributed by atoms with Gasteiger partial charge in [-0.1, -0.05) is 17.7 Å². The van der Waals surface area contributed by atoms with E-state index in [1.165, 1.54) is 36.7 Å². The molecule has 0 saturated carbocycles. The molecule has 1 aromatic heterocycles. The molecule has 0 aliphatic carbocycles. The van der Waals surface area contributed by atoms with Crippen LogP contribution in [0.1, 0.15) is 29.9 Å². The predicted octanol–water partition coefficient (Wildman–Crippen LogP) is 3.23. The van der Waals surface area contributed by atoms with Gasteiger partial charge in [0.2, 0.25) is 6.29 Å². The third-order valence-electron chi connectivity index (χ3n) is 4.42. The highest BCUT2D eigenvalue weighted by Gasteiger charge is 2.67. The maximum atomic E-state index is 12.9. The van der Waals surface area contributed by atoms with Gasteiger partial charge in [0.1, 0.15) is 5.75 Å². The zero-order chi connectivity index (χ0) is 22.9. The number of pyridine rings is 1. The van der Waals surface area contributed by atoms with E-state index in [2.05, 4.69) is 4.98 Å². The average Bonchev–Trinajstić information content (AvgIpc) is 2.68. The predicted molar refractivity (Wildman–Crippen MR) is 106 cm³/mol. The van der Waals surface area contributed by atoms with Crippen LogP contribution in [0.4, 0.5) is 4.79 Å². The smallest absolute Gasteiger partial charge is 0.434 e. The molecule has 2 atom stereocenters. The number of hydrogen-bond acceptors (Lipinski definition) is 9. The largest absolute Gasteiger partial charge is 0.513 e. The van der Waals surface area contributed by atoms with Gasteiger partial charge in [-0.15, -0.1) is 0 Å². The van der Waals surface area contributed by atoms with Crippen molar-refractivity contribution in [3.8, 4) is 5.75 Å². The maximum Gasteiger partial charge on any atom is 0.513 e. The van der Waals surface area contributed by atoms with Crippen molar-refractivity contribution in [3.63, 3.8) is 0 Å². The maximum absolute atomic E-state index is 12.9. The second-order valence-corrected chi connectivity index (χ2v) is 11.1. The summed E-state index contributed by atoms with van der Waals surface area (Å²) >= 11 is 0. The first-order valence-electron chi connectivity index (χ1n) is 9.08. The first kappa shape index (κ1) is 23.6. The van der Waals surface area contributed by atoms with Gasteiger partial charge in [0, 0.05) is 18.8 Å². The number of hydrogen-bond donors (Lipinski definition) is 3. The SMILES string of the molecule is CCOC(=O)Oc1ccc(C)cc1C1OP(=O)(O)C(O)(Cc2cccnc2)P(=O)(O)O1. The van der Waals surface area contributed by atoms with Gasteiger partial charge < -0.3 is 24.4 Å². The Morgan fingerprint density at radius 2 is 1.90 bits per heavy atom. The van der Waals surface area contributed by atoms with E-state index >= 15 is 0 Å². The standard InChI is InChI=1S/C18H21NO10P2/c1-3-26-17(20)27-15-7-6-12(2)9-14(15)16-28-30(22,23)18(21,31(24,25)29-16)10-13-5-4-8-19-11-13/h4-9,11,16,21H,3,10H2,1-2H3,(H,22,23)(H,24,25). The summed E-state index contributed by atoms with van der Waals surface area (Å²) in [7, 11) is -10.4. The molecular formula is C18H21NO10P2. The number of carbonyl (C=O) groups is 1. The van der Waals surface area contributed by atoms with Gasteiger partial charge in [0.15, 0.2) is 0 Å². The zero-order valence-corrected chi connectivity index (χ0v) is 18.4. The Hall–Kier alpha value is -2.10. The van der Waals surface area contributed by atoms with Crippen LogP contribution in [0, 0.1) is 6.92 Å².